The lowest BCUT2D eigenvalue weighted by atomic mass is 9.78. The fraction of sp³-hybridized carbons (Fsp3) is 0.562. The summed E-state index contributed by atoms with van der Waals surface area (Å²) in [4.78, 5) is 12.6. The molecule has 2 atom stereocenters. The maximum absolute atomic E-state index is 11.1. The molecule has 1 aliphatic rings. The van der Waals surface area contributed by atoms with Crippen LogP contribution in [0.3, 0.4) is 0 Å². The van der Waals surface area contributed by atoms with E-state index in [0.717, 1.165) is 6.42 Å². The van der Waals surface area contributed by atoms with Crippen molar-refractivity contribution < 1.29 is 9.90 Å². The first kappa shape index (κ1) is 14.9. The fourth-order valence-corrected chi connectivity index (χ4v) is 2.97. The van der Waals surface area contributed by atoms with Gasteiger partial charge in [-0.1, -0.05) is 44.2 Å². The highest BCUT2D eigenvalue weighted by Crippen LogP contribution is 2.31. The molecule has 110 valence electrons. The van der Waals surface area contributed by atoms with Gasteiger partial charge in [0.2, 0.25) is 0 Å². The Labute approximate surface area is 120 Å². The Hall–Kier alpha value is -1.55. The lowest BCUT2D eigenvalue weighted by molar-refractivity contribution is 0.0670. The van der Waals surface area contributed by atoms with Gasteiger partial charge < -0.3 is 15.3 Å². The Morgan fingerprint density at radius 3 is 2.60 bits per heavy atom. The van der Waals surface area contributed by atoms with Gasteiger partial charge in [0.1, 0.15) is 0 Å². The molecule has 1 aromatic carbocycles. The van der Waals surface area contributed by atoms with E-state index in [2.05, 4.69) is 38.2 Å². The largest absolute Gasteiger partial charge is 0.465 e. The minimum Gasteiger partial charge on any atom is -0.465 e. The van der Waals surface area contributed by atoms with E-state index in [0.29, 0.717) is 19.1 Å². The predicted octanol–water partition coefficient (Wildman–Crippen LogP) is 3.12. The van der Waals surface area contributed by atoms with E-state index in [9.17, 15) is 4.79 Å². The van der Waals surface area contributed by atoms with E-state index in [-0.39, 0.29) is 11.5 Å². The van der Waals surface area contributed by atoms with Gasteiger partial charge in [0.05, 0.1) is 0 Å². The number of likely N-dealkylation sites (tertiary alicyclic amines) is 1. The topological polar surface area (TPSA) is 52.6 Å². The molecule has 20 heavy (non-hydrogen) atoms. The first-order valence-electron chi connectivity index (χ1n) is 7.19. The zero-order valence-electron chi connectivity index (χ0n) is 12.5. The van der Waals surface area contributed by atoms with Crippen molar-refractivity contribution in [3.63, 3.8) is 0 Å². The van der Waals surface area contributed by atoms with Crippen molar-refractivity contribution >= 4 is 6.09 Å². The number of nitrogens with one attached hydrogen (secondary N) is 1. The van der Waals surface area contributed by atoms with Gasteiger partial charge in [0, 0.05) is 25.2 Å². The molecule has 1 heterocycles. The summed E-state index contributed by atoms with van der Waals surface area (Å²) < 4.78 is 0. The molecular weight excluding hydrogens is 252 g/mol. The maximum Gasteiger partial charge on any atom is 0.407 e. The maximum atomic E-state index is 11.1. The summed E-state index contributed by atoms with van der Waals surface area (Å²) in [6, 6.07) is 11.0. The van der Waals surface area contributed by atoms with Crippen molar-refractivity contribution in [3.8, 4) is 0 Å². The minimum atomic E-state index is -0.812. The van der Waals surface area contributed by atoms with E-state index in [1.165, 1.54) is 10.5 Å². The Morgan fingerprint density at radius 2 is 2.05 bits per heavy atom. The Morgan fingerprint density at radius 1 is 1.40 bits per heavy atom. The Kier molecular flexibility index (Phi) is 4.33. The van der Waals surface area contributed by atoms with Crippen LogP contribution in [0, 0.1) is 5.41 Å². The predicted molar refractivity (Wildman–Crippen MR) is 79.8 cm³/mol. The first-order valence-corrected chi connectivity index (χ1v) is 7.19. The summed E-state index contributed by atoms with van der Waals surface area (Å²) in [5.74, 6) is 0. The molecule has 0 saturated carbocycles. The minimum absolute atomic E-state index is 0.0559. The van der Waals surface area contributed by atoms with Crippen molar-refractivity contribution in [2.45, 2.75) is 39.3 Å². The molecule has 4 nitrogen and oxygen atoms in total. The molecule has 0 aliphatic carbocycles. The van der Waals surface area contributed by atoms with Crippen molar-refractivity contribution in [3.05, 3.63) is 35.9 Å². The van der Waals surface area contributed by atoms with Crippen molar-refractivity contribution in [2.75, 3.05) is 13.1 Å². The van der Waals surface area contributed by atoms with E-state index in [4.69, 9.17) is 5.11 Å². The van der Waals surface area contributed by atoms with Gasteiger partial charge in [-0.05, 0) is 24.3 Å². The second-order valence-electron chi connectivity index (χ2n) is 6.33. The van der Waals surface area contributed by atoms with Crippen LogP contribution >= 0.6 is 0 Å². The van der Waals surface area contributed by atoms with Gasteiger partial charge in [-0.3, -0.25) is 0 Å². The molecule has 1 aromatic rings. The number of amides is 1. The third-order valence-corrected chi connectivity index (χ3v) is 4.25. The number of carboxylic acid groups (broad SMARTS) is 1. The number of carbonyl (C=O) groups is 1. The van der Waals surface area contributed by atoms with Crippen molar-refractivity contribution in [1.82, 2.24) is 10.2 Å². The molecule has 2 rings (SSSR count). The molecule has 1 fully saturated rings. The quantitative estimate of drug-likeness (QED) is 0.892. The average Bonchev–Trinajstić information content (AvgIpc) is 2.41. The molecule has 1 amide bonds. The van der Waals surface area contributed by atoms with Crippen molar-refractivity contribution in [1.29, 1.82) is 0 Å². The molecule has 0 spiro atoms. The molecule has 1 saturated heterocycles. The summed E-state index contributed by atoms with van der Waals surface area (Å²) in [6.07, 6.45) is 0.0452. The molecule has 0 aromatic heterocycles. The first-order chi connectivity index (χ1) is 9.40. The molecule has 2 N–H and O–H groups in total. The lowest BCUT2D eigenvalue weighted by Gasteiger charge is -2.44. The van der Waals surface area contributed by atoms with Crippen LogP contribution in [-0.4, -0.2) is 35.2 Å². The van der Waals surface area contributed by atoms with Crippen molar-refractivity contribution in [2.24, 2.45) is 5.41 Å². The molecule has 4 heteroatoms. The van der Waals surface area contributed by atoms with E-state index in [1.807, 2.05) is 18.2 Å². The number of rotatable bonds is 3. The molecule has 1 unspecified atom stereocenters. The lowest BCUT2D eigenvalue weighted by Crippen LogP contribution is -2.55. The third kappa shape index (κ3) is 3.31. The fourth-order valence-electron chi connectivity index (χ4n) is 2.97. The highest BCUT2D eigenvalue weighted by molar-refractivity contribution is 5.65. The molecule has 0 radical (unpaired) electrons. The number of hydrogen-bond acceptors (Lipinski definition) is 2. The zero-order chi connectivity index (χ0) is 14.8. The summed E-state index contributed by atoms with van der Waals surface area (Å²) in [6.45, 7) is 7.63. The van der Waals surface area contributed by atoms with Gasteiger partial charge >= 0.3 is 6.09 Å². The van der Waals surface area contributed by atoms with Crippen LogP contribution in [0.25, 0.3) is 0 Å². The van der Waals surface area contributed by atoms with Crippen LogP contribution in [0.1, 0.15) is 38.8 Å². The summed E-state index contributed by atoms with van der Waals surface area (Å²) in [5, 5.41) is 12.8. The standard InChI is InChI=1S/C16H24N2O2/c1-12(13-7-5-4-6-8-13)17-14-9-10-18(15(19)20)11-16(14,2)3/h4-8,12,14,17H,9-11H2,1-3H3,(H,19,20)/t12?,14-/m1/s1. The van der Waals surface area contributed by atoms with E-state index >= 15 is 0 Å². The van der Waals surface area contributed by atoms with Crippen LogP contribution in [0.4, 0.5) is 4.79 Å². The number of hydrogen-bond donors (Lipinski definition) is 2. The van der Waals surface area contributed by atoms with Gasteiger partial charge in [-0.25, -0.2) is 4.79 Å². The summed E-state index contributed by atoms with van der Waals surface area (Å²) in [7, 11) is 0. The summed E-state index contributed by atoms with van der Waals surface area (Å²) >= 11 is 0. The van der Waals surface area contributed by atoms with E-state index in [1.54, 1.807) is 0 Å². The van der Waals surface area contributed by atoms with Crippen LogP contribution in [0.15, 0.2) is 30.3 Å². The smallest absolute Gasteiger partial charge is 0.407 e. The molecule has 1 aliphatic heterocycles. The van der Waals surface area contributed by atoms with Crippen LogP contribution < -0.4 is 5.32 Å². The normalized spacial score (nSPS) is 23.4. The Bertz CT molecular complexity index is 459. The number of nitrogens with zero attached hydrogens (tertiary/aromatic N) is 1. The van der Waals surface area contributed by atoms with Crippen LogP contribution in [0.5, 0.6) is 0 Å². The van der Waals surface area contributed by atoms with Gasteiger partial charge in [-0.2, -0.15) is 0 Å². The number of piperidine rings is 1. The van der Waals surface area contributed by atoms with Gasteiger partial charge in [0.15, 0.2) is 0 Å². The highest BCUT2D eigenvalue weighted by atomic mass is 16.4. The van der Waals surface area contributed by atoms with Crippen LogP contribution in [0.2, 0.25) is 0 Å². The second kappa shape index (κ2) is 5.83. The average molecular weight is 276 g/mol. The van der Waals surface area contributed by atoms with E-state index < -0.39 is 6.09 Å². The van der Waals surface area contributed by atoms with Gasteiger partial charge in [-0.15, -0.1) is 0 Å². The molecule has 0 bridgehead atoms. The molecular formula is C16H24N2O2. The monoisotopic (exact) mass is 276 g/mol. The number of benzene rings is 1. The third-order valence-electron chi connectivity index (χ3n) is 4.25. The van der Waals surface area contributed by atoms with Gasteiger partial charge in [0.25, 0.3) is 0 Å². The second-order valence-corrected chi connectivity index (χ2v) is 6.33. The summed E-state index contributed by atoms with van der Waals surface area (Å²) in [5.41, 5.74) is 1.21. The SMILES string of the molecule is CC(N[C@@H]1CCN(C(=O)O)CC1(C)C)c1ccccc1. The zero-order valence-corrected chi connectivity index (χ0v) is 12.5. The Balaban J connectivity index is 2.01. The highest BCUT2D eigenvalue weighted by Gasteiger charge is 2.38. The van der Waals surface area contributed by atoms with Crippen LogP contribution in [-0.2, 0) is 0 Å².